The molecule has 6 nitrogen and oxygen atoms in total. The Kier molecular flexibility index (Phi) is 12.3. The van der Waals surface area contributed by atoms with Crippen molar-refractivity contribution in [1.82, 2.24) is 0 Å². The fourth-order valence-corrected chi connectivity index (χ4v) is 10.3. The highest BCUT2D eigenvalue weighted by Gasteiger charge is 2.72. The molecule has 47 heavy (non-hydrogen) atoms. The van der Waals surface area contributed by atoms with Crippen LogP contribution in [0.4, 0.5) is 0 Å². The predicted octanol–water partition coefficient (Wildman–Crippen LogP) is 9.57. The Labute approximate surface area is 286 Å². The monoisotopic (exact) mass is 668 g/mol. The number of aldehydes is 1. The van der Waals surface area contributed by atoms with E-state index in [0.717, 1.165) is 68.6 Å². The molecule has 0 radical (unpaired) electrons. The summed E-state index contributed by atoms with van der Waals surface area (Å²) in [4.78, 5) is 28.6. The molecule has 3 aliphatic carbocycles. The number of ether oxygens (including phenoxy) is 3. The van der Waals surface area contributed by atoms with E-state index in [2.05, 4.69) is 67.6 Å². The summed E-state index contributed by atoms with van der Waals surface area (Å²) in [7, 11) is -0.425. The van der Waals surface area contributed by atoms with E-state index >= 15 is 0 Å². The number of carbonyl (C=O) groups is 2. The highest BCUT2D eigenvalue weighted by Crippen LogP contribution is 2.71. The van der Waals surface area contributed by atoms with Crippen LogP contribution in [-0.2, 0) is 30.1 Å². The van der Waals surface area contributed by atoms with Crippen LogP contribution in [0.5, 0.6) is 5.75 Å². The number of rotatable bonds is 17. The van der Waals surface area contributed by atoms with Gasteiger partial charge in [0.25, 0.3) is 0 Å². The smallest absolute Gasteiger partial charge is 0.317 e. The molecular weight excluding hydrogens is 605 g/mol. The molecule has 2 bridgehead atoms. The molecule has 7 atom stereocenters. The Morgan fingerprint density at radius 3 is 2.34 bits per heavy atom. The van der Waals surface area contributed by atoms with Gasteiger partial charge in [-0.05, 0) is 104 Å². The van der Waals surface area contributed by atoms with Crippen LogP contribution in [0.1, 0.15) is 105 Å². The summed E-state index contributed by atoms with van der Waals surface area (Å²) in [6.45, 7) is 22.2. The molecule has 2 fully saturated rings. The first-order valence-corrected chi connectivity index (χ1v) is 21.3. The summed E-state index contributed by atoms with van der Waals surface area (Å²) in [6.07, 6.45) is 11.1. The van der Waals surface area contributed by atoms with Gasteiger partial charge in [0.1, 0.15) is 24.1 Å². The molecule has 5 unspecified atom stereocenters. The predicted molar refractivity (Wildman–Crippen MR) is 192 cm³/mol. The summed E-state index contributed by atoms with van der Waals surface area (Å²) < 4.78 is 24.7. The van der Waals surface area contributed by atoms with Gasteiger partial charge in [0.05, 0.1) is 7.11 Å². The zero-order valence-corrected chi connectivity index (χ0v) is 32.2. The maximum absolute atomic E-state index is 14.7. The van der Waals surface area contributed by atoms with E-state index in [1.165, 1.54) is 6.29 Å². The number of hydrogen-bond acceptors (Lipinski definition) is 6. The molecule has 1 aromatic rings. The normalized spacial score (nSPS) is 30.5. The standard InChI is InChI=1S/C40H64O6Si/c1-11-12-20-44-21-14-13-15-33-29(4)36(46-47(9,10)38(5,6)7)23-35(33)39(27-41)24-31-22-34(28(2)3)40(39,25-31)37(42)45-26-30-16-18-32(43-8)19-17-30/h16-19,22,27-29,31,33,35-36H,11-15,20-21,23-26H2,1-10H3/t29?,31?,33?,35?,36?,39-,40+/m0/s1. The van der Waals surface area contributed by atoms with Crippen molar-refractivity contribution in [2.24, 2.45) is 40.4 Å². The second-order valence-electron chi connectivity index (χ2n) is 16.7. The first kappa shape index (κ1) is 37.8. The van der Waals surface area contributed by atoms with Crippen LogP contribution in [0.2, 0.25) is 18.1 Å². The molecule has 7 heteroatoms. The molecule has 0 N–H and O–H groups in total. The molecule has 0 spiro atoms. The number of hydrogen-bond donors (Lipinski definition) is 0. The molecule has 0 aromatic heterocycles. The molecule has 3 aliphatic rings. The van der Waals surface area contributed by atoms with Crippen molar-refractivity contribution in [2.45, 2.75) is 131 Å². The minimum Gasteiger partial charge on any atom is -0.497 e. The molecular formula is C40H64O6Si. The topological polar surface area (TPSA) is 71.1 Å². The van der Waals surface area contributed by atoms with E-state index in [0.29, 0.717) is 18.8 Å². The van der Waals surface area contributed by atoms with E-state index < -0.39 is 19.1 Å². The van der Waals surface area contributed by atoms with Crippen molar-refractivity contribution < 1.29 is 28.2 Å². The second kappa shape index (κ2) is 15.3. The molecule has 264 valence electrons. The van der Waals surface area contributed by atoms with Crippen molar-refractivity contribution in [2.75, 3.05) is 20.3 Å². The number of allylic oxidation sites excluding steroid dienone is 1. The summed E-state index contributed by atoms with van der Waals surface area (Å²) in [5.41, 5.74) is 0.249. The SMILES string of the molecule is CCCCOCCCCC1C(C)C(O[Si](C)(C)C(C)(C)C)CC1[C@@]1(C=O)CC2C=C(C(C)C)[C@@]1(C(=O)OCc1ccc(OC)cc1)C2. The lowest BCUT2D eigenvalue weighted by atomic mass is 9.52. The highest BCUT2D eigenvalue weighted by atomic mass is 28.4. The number of carbonyl (C=O) groups excluding carboxylic acids is 2. The Balaban J connectivity index is 1.67. The summed E-state index contributed by atoms with van der Waals surface area (Å²) in [5, 5.41) is 0.0882. The Bertz CT molecular complexity index is 1230. The largest absolute Gasteiger partial charge is 0.497 e. The molecule has 4 rings (SSSR count). The van der Waals surface area contributed by atoms with Gasteiger partial charge >= 0.3 is 5.97 Å². The number of unbranched alkanes of at least 4 members (excludes halogenated alkanes) is 2. The van der Waals surface area contributed by atoms with E-state index in [1.54, 1.807) is 7.11 Å². The fraction of sp³-hybridized carbons (Fsp3) is 0.750. The van der Waals surface area contributed by atoms with Crippen molar-refractivity contribution in [3.8, 4) is 5.75 Å². The van der Waals surface area contributed by atoms with Gasteiger partial charge in [-0.25, -0.2) is 0 Å². The van der Waals surface area contributed by atoms with Crippen molar-refractivity contribution in [3.05, 3.63) is 41.5 Å². The molecule has 0 saturated heterocycles. The summed E-state index contributed by atoms with van der Waals surface area (Å²) in [6, 6.07) is 7.65. The molecule has 0 amide bonds. The summed E-state index contributed by atoms with van der Waals surface area (Å²) in [5.74, 6) is 1.51. The van der Waals surface area contributed by atoms with Crippen LogP contribution >= 0.6 is 0 Å². The third kappa shape index (κ3) is 7.47. The molecule has 1 aromatic carbocycles. The van der Waals surface area contributed by atoms with Gasteiger partial charge in [0, 0.05) is 24.7 Å². The van der Waals surface area contributed by atoms with Crippen molar-refractivity contribution in [1.29, 1.82) is 0 Å². The lowest BCUT2D eigenvalue weighted by molar-refractivity contribution is -0.167. The van der Waals surface area contributed by atoms with Crippen LogP contribution in [0, 0.1) is 40.4 Å². The zero-order chi connectivity index (χ0) is 34.6. The average Bonchev–Trinajstić information content (AvgIpc) is 3.68. The van der Waals surface area contributed by atoms with Crippen molar-refractivity contribution in [3.63, 3.8) is 0 Å². The van der Waals surface area contributed by atoms with E-state index in [4.69, 9.17) is 18.6 Å². The first-order valence-electron chi connectivity index (χ1n) is 18.4. The van der Waals surface area contributed by atoms with Crippen LogP contribution in [-0.4, -0.2) is 47.0 Å². The second-order valence-corrected chi connectivity index (χ2v) is 21.4. The molecule has 0 aliphatic heterocycles. The van der Waals surface area contributed by atoms with Crippen molar-refractivity contribution >= 4 is 20.6 Å². The third-order valence-corrected chi connectivity index (χ3v) is 17.0. The maximum atomic E-state index is 14.7. The Morgan fingerprint density at radius 2 is 1.74 bits per heavy atom. The lowest BCUT2D eigenvalue weighted by Crippen LogP contribution is -2.53. The van der Waals surface area contributed by atoms with Crippen LogP contribution < -0.4 is 4.74 Å². The number of esters is 1. The molecule has 2 saturated carbocycles. The third-order valence-electron chi connectivity index (χ3n) is 12.5. The van der Waals surface area contributed by atoms with Gasteiger partial charge in [-0.2, -0.15) is 0 Å². The van der Waals surface area contributed by atoms with Gasteiger partial charge in [-0.3, -0.25) is 4.79 Å². The Morgan fingerprint density at radius 1 is 1.06 bits per heavy atom. The van der Waals surface area contributed by atoms with Crippen LogP contribution in [0.25, 0.3) is 0 Å². The zero-order valence-electron chi connectivity index (χ0n) is 31.2. The van der Waals surface area contributed by atoms with Gasteiger partial charge in [-0.15, -0.1) is 0 Å². The minimum absolute atomic E-state index is 0.0479. The summed E-state index contributed by atoms with van der Waals surface area (Å²) >= 11 is 0. The minimum atomic E-state index is -2.07. The van der Waals surface area contributed by atoms with Crippen LogP contribution in [0.15, 0.2) is 35.9 Å². The van der Waals surface area contributed by atoms with Gasteiger partial charge in [0.2, 0.25) is 0 Å². The number of fused-ring (bicyclic) bond motifs is 2. The lowest BCUT2D eigenvalue weighted by Gasteiger charge is -2.49. The van der Waals surface area contributed by atoms with Gasteiger partial charge in [-0.1, -0.05) is 85.1 Å². The van der Waals surface area contributed by atoms with Gasteiger partial charge in [0.15, 0.2) is 8.32 Å². The van der Waals surface area contributed by atoms with Gasteiger partial charge < -0.3 is 23.4 Å². The number of benzene rings is 1. The number of methoxy groups -OCH3 is 1. The molecule has 0 heterocycles. The fourth-order valence-electron chi connectivity index (χ4n) is 8.92. The first-order chi connectivity index (χ1) is 22.2. The van der Waals surface area contributed by atoms with E-state index in [1.807, 2.05) is 24.3 Å². The Hall–Kier alpha value is -1.96. The quantitative estimate of drug-likeness (QED) is 0.0541. The highest BCUT2D eigenvalue weighted by molar-refractivity contribution is 6.74. The van der Waals surface area contributed by atoms with E-state index in [9.17, 15) is 9.59 Å². The maximum Gasteiger partial charge on any atom is 0.317 e. The van der Waals surface area contributed by atoms with Crippen LogP contribution in [0.3, 0.4) is 0 Å². The van der Waals surface area contributed by atoms with E-state index in [-0.39, 0.29) is 47.4 Å². The average molecular weight is 669 g/mol.